The second-order valence-electron chi connectivity index (χ2n) is 8.22. The summed E-state index contributed by atoms with van der Waals surface area (Å²) in [6, 6.07) is 22.1. The van der Waals surface area contributed by atoms with Crippen LogP contribution in [-0.2, 0) is 7.05 Å². The number of fused-ring (bicyclic) bond motifs is 3. The number of aromatic amines is 2. The normalized spacial score (nSPS) is 11.2. The van der Waals surface area contributed by atoms with Gasteiger partial charge in [-0.25, -0.2) is 9.78 Å². The summed E-state index contributed by atoms with van der Waals surface area (Å²) in [5, 5.41) is 10.4. The van der Waals surface area contributed by atoms with Gasteiger partial charge in [0, 0.05) is 24.0 Å². The van der Waals surface area contributed by atoms with E-state index in [-0.39, 0.29) is 11.9 Å². The number of anilines is 3. The third kappa shape index (κ3) is 3.65. The largest absolute Gasteiger partial charge is 0.359 e. The predicted octanol–water partition coefficient (Wildman–Crippen LogP) is 5.43. The lowest BCUT2D eigenvalue weighted by Gasteiger charge is -2.09. The summed E-state index contributed by atoms with van der Waals surface area (Å²) in [7, 11) is 1.85. The number of rotatable bonds is 4. The minimum atomic E-state index is -0.389. The van der Waals surface area contributed by atoms with Crippen LogP contribution in [0.5, 0.6) is 0 Å². The zero-order valence-corrected chi connectivity index (χ0v) is 18.7. The number of nitrogens with one attached hydrogen (secondary N) is 5. The fourth-order valence-corrected chi connectivity index (χ4v) is 4.27. The van der Waals surface area contributed by atoms with Crippen LogP contribution in [0.2, 0.25) is 0 Å². The summed E-state index contributed by atoms with van der Waals surface area (Å²) in [4.78, 5) is 36.5. The molecular formula is C26H21N7O2. The molecule has 172 valence electrons. The van der Waals surface area contributed by atoms with Crippen molar-refractivity contribution in [1.82, 2.24) is 19.5 Å². The molecule has 3 aromatic carbocycles. The van der Waals surface area contributed by atoms with E-state index in [1.54, 1.807) is 12.1 Å². The number of amides is 3. The van der Waals surface area contributed by atoms with Gasteiger partial charge in [0.2, 0.25) is 5.95 Å². The van der Waals surface area contributed by atoms with Crippen molar-refractivity contribution in [3.05, 3.63) is 84.7 Å². The Hall–Kier alpha value is -5.05. The van der Waals surface area contributed by atoms with Crippen LogP contribution < -0.4 is 16.0 Å². The molecule has 0 aliphatic carbocycles. The number of H-pyrrole nitrogens is 2. The number of carbonyl (C=O) groups is 2. The minimum absolute atomic E-state index is 0.326. The molecular weight excluding hydrogens is 442 g/mol. The van der Waals surface area contributed by atoms with Crippen molar-refractivity contribution in [1.29, 1.82) is 0 Å². The van der Waals surface area contributed by atoms with Crippen LogP contribution in [0.15, 0.2) is 79.0 Å². The first-order valence-corrected chi connectivity index (χ1v) is 11.1. The Morgan fingerprint density at radius 2 is 1.57 bits per heavy atom. The molecule has 3 heterocycles. The molecule has 9 nitrogen and oxygen atoms in total. The molecule has 0 aliphatic rings. The number of carbonyl (C=O) groups excluding carboxylic acids is 2. The van der Waals surface area contributed by atoms with Crippen molar-refractivity contribution in [2.45, 2.75) is 0 Å². The Morgan fingerprint density at radius 3 is 2.37 bits per heavy atom. The summed E-state index contributed by atoms with van der Waals surface area (Å²) in [5.41, 5.74) is 4.81. The Labute approximate surface area is 199 Å². The van der Waals surface area contributed by atoms with Crippen molar-refractivity contribution in [2.75, 3.05) is 16.0 Å². The SMILES string of the molecule is Cn1c(NC(=O)c2cc3cccc(NC(=O)Nc4cccc5cc[nH]c45)c3[nH]2)nc2ccccc21. The van der Waals surface area contributed by atoms with Crippen molar-refractivity contribution in [3.8, 4) is 0 Å². The minimum Gasteiger partial charge on any atom is -0.359 e. The number of para-hydroxylation sites is 4. The van der Waals surface area contributed by atoms with Gasteiger partial charge in [-0.05, 0) is 36.4 Å². The summed E-state index contributed by atoms with van der Waals surface area (Å²) in [6.07, 6.45) is 1.83. The maximum atomic E-state index is 13.0. The number of aryl methyl sites for hydroxylation is 1. The molecule has 0 unspecified atom stereocenters. The maximum absolute atomic E-state index is 13.0. The maximum Gasteiger partial charge on any atom is 0.323 e. The van der Waals surface area contributed by atoms with Crippen LogP contribution in [0.1, 0.15) is 10.5 Å². The molecule has 0 bridgehead atoms. The van der Waals surface area contributed by atoms with E-state index >= 15 is 0 Å². The molecule has 9 heteroatoms. The van der Waals surface area contributed by atoms with Gasteiger partial charge in [-0.15, -0.1) is 0 Å². The predicted molar refractivity (Wildman–Crippen MR) is 138 cm³/mol. The molecule has 0 spiro atoms. The number of hydrogen-bond acceptors (Lipinski definition) is 3. The first-order chi connectivity index (χ1) is 17.1. The van der Waals surface area contributed by atoms with Crippen molar-refractivity contribution in [3.63, 3.8) is 0 Å². The van der Waals surface area contributed by atoms with Gasteiger partial charge in [0.1, 0.15) is 5.69 Å². The Bertz CT molecular complexity index is 1740. The van der Waals surface area contributed by atoms with E-state index in [4.69, 9.17) is 0 Å². The third-order valence-corrected chi connectivity index (χ3v) is 6.00. The lowest BCUT2D eigenvalue weighted by Crippen LogP contribution is -2.19. The highest BCUT2D eigenvalue weighted by molar-refractivity contribution is 6.11. The van der Waals surface area contributed by atoms with Crippen molar-refractivity contribution in [2.24, 2.45) is 7.05 Å². The fraction of sp³-hybridized carbons (Fsp3) is 0.0385. The second-order valence-corrected chi connectivity index (χ2v) is 8.22. The van der Waals surface area contributed by atoms with E-state index in [0.29, 0.717) is 28.5 Å². The average molecular weight is 464 g/mol. The molecule has 0 radical (unpaired) electrons. The lowest BCUT2D eigenvalue weighted by molar-refractivity contribution is 0.102. The Balaban J connectivity index is 1.24. The first-order valence-electron chi connectivity index (χ1n) is 11.1. The standard InChI is InChI=1S/C26H21N7O2/c1-33-21-11-3-2-8-17(21)29-25(33)32-24(34)20-14-16-7-5-10-19(23(16)28-20)31-26(35)30-18-9-4-6-15-12-13-27-22(15)18/h2-14,27-28H,1H3,(H,29,32,34)(H2,30,31,35). The molecule has 5 N–H and O–H groups in total. The van der Waals surface area contributed by atoms with Gasteiger partial charge in [-0.2, -0.15) is 0 Å². The lowest BCUT2D eigenvalue weighted by atomic mass is 10.2. The Kier molecular flexibility index (Phi) is 4.74. The summed E-state index contributed by atoms with van der Waals surface area (Å²) in [6.45, 7) is 0. The number of imidazole rings is 1. The van der Waals surface area contributed by atoms with E-state index in [0.717, 1.165) is 27.3 Å². The molecule has 35 heavy (non-hydrogen) atoms. The van der Waals surface area contributed by atoms with E-state index in [2.05, 4.69) is 30.9 Å². The molecule has 0 fully saturated rings. The first kappa shape index (κ1) is 20.5. The van der Waals surface area contributed by atoms with E-state index < -0.39 is 0 Å². The molecule has 0 aliphatic heterocycles. The number of hydrogen-bond donors (Lipinski definition) is 5. The molecule has 0 saturated heterocycles. The smallest absolute Gasteiger partial charge is 0.323 e. The molecule has 0 atom stereocenters. The highest BCUT2D eigenvalue weighted by atomic mass is 16.2. The summed E-state index contributed by atoms with van der Waals surface area (Å²) in [5.74, 6) is 0.125. The number of benzene rings is 3. The molecule has 6 rings (SSSR count). The van der Waals surface area contributed by atoms with E-state index in [9.17, 15) is 9.59 Å². The highest BCUT2D eigenvalue weighted by Gasteiger charge is 2.16. The monoisotopic (exact) mass is 463 g/mol. The van der Waals surface area contributed by atoms with Gasteiger partial charge >= 0.3 is 6.03 Å². The van der Waals surface area contributed by atoms with Gasteiger partial charge in [0.05, 0.1) is 33.4 Å². The van der Waals surface area contributed by atoms with Gasteiger partial charge in [-0.1, -0.05) is 36.4 Å². The molecule has 3 aromatic heterocycles. The molecule has 0 saturated carbocycles. The quantitative estimate of drug-likeness (QED) is 0.240. The number of urea groups is 1. The van der Waals surface area contributed by atoms with Crippen LogP contribution in [0.3, 0.4) is 0 Å². The topological polar surface area (TPSA) is 120 Å². The fourth-order valence-electron chi connectivity index (χ4n) is 4.27. The Morgan fingerprint density at radius 1 is 0.829 bits per heavy atom. The summed E-state index contributed by atoms with van der Waals surface area (Å²) >= 11 is 0. The zero-order valence-electron chi connectivity index (χ0n) is 18.7. The number of nitrogens with zero attached hydrogens (tertiary/aromatic N) is 2. The van der Waals surface area contributed by atoms with Gasteiger partial charge in [0.15, 0.2) is 0 Å². The van der Waals surface area contributed by atoms with Crippen LogP contribution in [0, 0.1) is 0 Å². The second kappa shape index (κ2) is 8.07. The van der Waals surface area contributed by atoms with Crippen molar-refractivity contribution >= 4 is 62.1 Å². The van der Waals surface area contributed by atoms with Crippen LogP contribution >= 0.6 is 0 Å². The summed E-state index contributed by atoms with van der Waals surface area (Å²) < 4.78 is 1.83. The van der Waals surface area contributed by atoms with E-state index in [1.807, 2.05) is 78.5 Å². The van der Waals surface area contributed by atoms with Gasteiger partial charge < -0.3 is 25.2 Å². The van der Waals surface area contributed by atoms with E-state index in [1.165, 1.54) is 0 Å². The molecule has 6 aromatic rings. The van der Waals surface area contributed by atoms with Gasteiger partial charge in [-0.3, -0.25) is 10.1 Å². The van der Waals surface area contributed by atoms with Crippen LogP contribution in [0.25, 0.3) is 32.8 Å². The average Bonchev–Trinajstić information content (AvgIpc) is 3.58. The zero-order chi connectivity index (χ0) is 23.9. The van der Waals surface area contributed by atoms with Crippen LogP contribution in [-0.4, -0.2) is 31.5 Å². The molecule has 3 amide bonds. The van der Waals surface area contributed by atoms with Crippen LogP contribution in [0.4, 0.5) is 22.1 Å². The van der Waals surface area contributed by atoms with Crippen molar-refractivity contribution < 1.29 is 9.59 Å². The number of aromatic nitrogens is 4. The highest BCUT2D eigenvalue weighted by Crippen LogP contribution is 2.26. The third-order valence-electron chi connectivity index (χ3n) is 6.00. The van der Waals surface area contributed by atoms with Gasteiger partial charge in [0.25, 0.3) is 5.91 Å².